The van der Waals surface area contributed by atoms with Crippen molar-refractivity contribution in [2.45, 2.75) is 39.0 Å². The van der Waals surface area contributed by atoms with E-state index < -0.39 is 0 Å². The fourth-order valence-corrected chi connectivity index (χ4v) is 1.64. The van der Waals surface area contributed by atoms with Gasteiger partial charge in [0.05, 0.1) is 0 Å². The average Bonchev–Trinajstić information content (AvgIpc) is 2.32. The Morgan fingerprint density at radius 1 is 1.35 bits per heavy atom. The Kier molecular flexibility index (Phi) is 6.30. The lowest BCUT2D eigenvalue weighted by atomic mass is 10.1. The monoisotopic (exact) mass is 237 g/mol. The van der Waals surface area contributed by atoms with E-state index in [1.807, 2.05) is 6.07 Å². The van der Waals surface area contributed by atoms with E-state index in [-0.39, 0.29) is 11.7 Å². The molecule has 0 radical (unpaired) electrons. The van der Waals surface area contributed by atoms with Gasteiger partial charge in [-0.25, -0.2) is 4.39 Å². The number of unbranched alkanes of at least 4 members (excludes halogenated alkanes) is 1. The highest BCUT2D eigenvalue weighted by molar-refractivity contribution is 5.75. The number of benzene rings is 1. The molecule has 0 spiro atoms. The van der Waals surface area contributed by atoms with Gasteiger partial charge in [-0.1, -0.05) is 25.5 Å². The Balaban J connectivity index is 2.14. The molecule has 1 rings (SSSR count). The molecule has 1 N–H and O–H groups in total. The van der Waals surface area contributed by atoms with Gasteiger partial charge in [-0.05, 0) is 37.0 Å². The smallest absolute Gasteiger partial charge is 0.219 e. The SMILES string of the molecule is CCCCC(=O)NCCCc1cccc(F)c1. The number of halogens is 1. The van der Waals surface area contributed by atoms with Crippen LogP contribution >= 0.6 is 0 Å². The van der Waals surface area contributed by atoms with Gasteiger partial charge >= 0.3 is 0 Å². The summed E-state index contributed by atoms with van der Waals surface area (Å²) in [6.07, 6.45) is 4.23. The van der Waals surface area contributed by atoms with Gasteiger partial charge in [0, 0.05) is 13.0 Å². The molecule has 1 aromatic rings. The van der Waals surface area contributed by atoms with Crippen molar-refractivity contribution in [1.82, 2.24) is 5.32 Å². The molecule has 0 aliphatic rings. The maximum Gasteiger partial charge on any atom is 0.219 e. The van der Waals surface area contributed by atoms with Crippen LogP contribution in [0.4, 0.5) is 4.39 Å². The molecule has 0 atom stereocenters. The van der Waals surface area contributed by atoms with Crippen molar-refractivity contribution in [3.63, 3.8) is 0 Å². The second-order valence-electron chi connectivity index (χ2n) is 4.19. The molecule has 0 saturated heterocycles. The number of amides is 1. The molecule has 0 unspecified atom stereocenters. The Labute approximate surface area is 102 Å². The first-order chi connectivity index (χ1) is 8.22. The maximum absolute atomic E-state index is 12.9. The van der Waals surface area contributed by atoms with Gasteiger partial charge in [0.1, 0.15) is 5.82 Å². The molecule has 94 valence electrons. The predicted octanol–water partition coefficient (Wildman–Crippen LogP) is 3.06. The van der Waals surface area contributed by atoms with Crippen LogP contribution in [0.1, 0.15) is 38.2 Å². The summed E-state index contributed by atoms with van der Waals surface area (Å²) < 4.78 is 12.9. The first-order valence-electron chi connectivity index (χ1n) is 6.23. The molecule has 0 bridgehead atoms. The second-order valence-corrected chi connectivity index (χ2v) is 4.19. The van der Waals surface area contributed by atoms with Crippen LogP contribution in [-0.2, 0) is 11.2 Å². The lowest BCUT2D eigenvalue weighted by Crippen LogP contribution is -2.24. The highest BCUT2D eigenvalue weighted by Crippen LogP contribution is 2.05. The van der Waals surface area contributed by atoms with E-state index in [0.717, 1.165) is 31.2 Å². The normalized spacial score (nSPS) is 10.2. The molecule has 0 aromatic heterocycles. The van der Waals surface area contributed by atoms with E-state index in [4.69, 9.17) is 0 Å². The van der Waals surface area contributed by atoms with E-state index in [0.29, 0.717) is 13.0 Å². The van der Waals surface area contributed by atoms with E-state index in [9.17, 15) is 9.18 Å². The van der Waals surface area contributed by atoms with Crippen LogP contribution in [0.3, 0.4) is 0 Å². The number of nitrogens with one attached hydrogen (secondary N) is 1. The number of carbonyl (C=O) groups excluding carboxylic acids is 1. The van der Waals surface area contributed by atoms with Gasteiger partial charge in [-0.15, -0.1) is 0 Å². The molecule has 2 nitrogen and oxygen atoms in total. The molecule has 0 saturated carbocycles. The third-order valence-corrected chi connectivity index (χ3v) is 2.61. The molecular weight excluding hydrogens is 217 g/mol. The highest BCUT2D eigenvalue weighted by Gasteiger charge is 1.99. The molecule has 0 fully saturated rings. The van der Waals surface area contributed by atoms with Crippen molar-refractivity contribution >= 4 is 5.91 Å². The van der Waals surface area contributed by atoms with Gasteiger partial charge < -0.3 is 5.32 Å². The minimum atomic E-state index is -0.200. The Morgan fingerprint density at radius 3 is 2.88 bits per heavy atom. The number of rotatable bonds is 7. The van der Waals surface area contributed by atoms with Crippen molar-refractivity contribution in [2.75, 3.05) is 6.54 Å². The highest BCUT2D eigenvalue weighted by atomic mass is 19.1. The van der Waals surface area contributed by atoms with Gasteiger partial charge in [0.15, 0.2) is 0 Å². The number of carbonyl (C=O) groups is 1. The molecule has 17 heavy (non-hydrogen) atoms. The molecule has 0 aliphatic heterocycles. The standard InChI is InChI=1S/C14H20FNO/c1-2-3-9-14(17)16-10-5-7-12-6-4-8-13(15)11-12/h4,6,8,11H,2-3,5,7,9-10H2,1H3,(H,16,17). The van der Waals surface area contributed by atoms with Crippen LogP contribution in [0.15, 0.2) is 24.3 Å². The molecule has 1 amide bonds. The van der Waals surface area contributed by atoms with Crippen molar-refractivity contribution in [2.24, 2.45) is 0 Å². The Hall–Kier alpha value is -1.38. The van der Waals surface area contributed by atoms with Gasteiger partial charge in [0.25, 0.3) is 0 Å². The van der Waals surface area contributed by atoms with Crippen molar-refractivity contribution in [1.29, 1.82) is 0 Å². The fraction of sp³-hybridized carbons (Fsp3) is 0.500. The first kappa shape index (κ1) is 13.7. The van der Waals surface area contributed by atoms with Gasteiger partial charge in [-0.3, -0.25) is 4.79 Å². The molecule has 3 heteroatoms. The van der Waals surface area contributed by atoms with E-state index in [1.165, 1.54) is 6.07 Å². The van der Waals surface area contributed by atoms with Gasteiger partial charge in [0.2, 0.25) is 5.91 Å². The summed E-state index contributed by atoms with van der Waals surface area (Å²) in [6.45, 7) is 2.73. The summed E-state index contributed by atoms with van der Waals surface area (Å²) in [6, 6.07) is 6.60. The molecule has 0 heterocycles. The number of hydrogen-bond donors (Lipinski definition) is 1. The predicted molar refractivity (Wildman–Crippen MR) is 67.3 cm³/mol. The second kappa shape index (κ2) is 7.82. The zero-order chi connectivity index (χ0) is 12.5. The van der Waals surface area contributed by atoms with Crippen LogP contribution in [0.2, 0.25) is 0 Å². The maximum atomic E-state index is 12.9. The Bertz CT molecular complexity index is 352. The summed E-state index contributed by atoms with van der Waals surface area (Å²) in [5, 5.41) is 2.87. The third-order valence-electron chi connectivity index (χ3n) is 2.61. The summed E-state index contributed by atoms with van der Waals surface area (Å²) in [4.78, 5) is 11.3. The molecular formula is C14H20FNO. The minimum absolute atomic E-state index is 0.117. The fourth-order valence-electron chi connectivity index (χ4n) is 1.64. The quantitative estimate of drug-likeness (QED) is 0.725. The summed E-state index contributed by atoms with van der Waals surface area (Å²) in [7, 11) is 0. The topological polar surface area (TPSA) is 29.1 Å². The zero-order valence-corrected chi connectivity index (χ0v) is 10.3. The van der Waals surface area contributed by atoms with E-state index in [1.54, 1.807) is 12.1 Å². The van der Waals surface area contributed by atoms with Crippen molar-refractivity contribution < 1.29 is 9.18 Å². The van der Waals surface area contributed by atoms with Crippen LogP contribution < -0.4 is 5.32 Å². The molecule has 1 aromatic carbocycles. The first-order valence-corrected chi connectivity index (χ1v) is 6.23. The number of hydrogen-bond acceptors (Lipinski definition) is 1. The Morgan fingerprint density at radius 2 is 2.18 bits per heavy atom. The average molecular weight is 237 g/mol. The lowest BCUT2D eigenvalue weighted by Gasteiger charge is -2.05. The van der Waals surface area contributed by atoms with E-state index in [2.05, 4.69) is 12.2 Å². The van der Waals surface area contributed by atoms with Crippen LogP contribution in [0, 0.1) is 5.82 Å². The lowest BCUT2D eigenvalue weighted by molar-refractivity contribution is -0.121. The van der Waals surface area contributed by atoms with Crippen molar-refractivity contribution in [3.8, 4) is 0 Å². The van der Waals surface area contributed by atoms with Crippen molar-refractivity contribution in [3.05, 3.63) is 35.6 Å². The minimum Gasteiger partial charge on any atom is -0.356 e. The summed E-state index contributed by atoms with van der Waals surface area (Å²) in [5.74, 6) is -0.0828. The van der Waals surface area contributed by atoms with Crippen LogP contribution in [-0.4, -0.2) is 12.5 Å². The third kappa shape index (κ3) is 6.05. The van der Waals surface area contributed by atoms with Crippen LogP contribution in [0.25, 0.3) is 0 Å². The largest absolute Gasteiger partial charge is 0.356 e. The summed E-state index contributed by atoms with van der Waals surface area (Å²) in [5.41, 5.74) is 0.979. The molecule has 0 aliphatic carbocycles. The van der Waals surface area contributed by atoms with E-state index >= 15 is 0 Å². The summed E-state index contributed by atoms with van der Waals surface area (Å²) >= 11 is 0. The zero-order valence-electron chi connectivity index (χ0n) is 10.3. The van der Waals surface area contributed by atoms with Crippen LogP contribution in [0.5, 0.6) is 0 Å². The van der Waals surface area contributed by atoms with Gasteiger partial charge in [-0.2, -0.15) is 0 Å². The number of aryl methyl sites for hydroxylation is 1.